The van der Waals surface area contributed by atoms with Crippen LogP contribution in [0.25, 0.3) is 0 Å². The van der Waals surface area contributed by atoms with Crippen molar-refractivity contribution in [3.05, 3.63) is 59.1 Å². The number of nitrogens with one attached hydrogen (secondary N) is 1. The number of amides is 1. The van der Waals surface area contributed by atoms with Gasteiger partial charge in [-0.3, -0.25) is 4.79 Å². The summed E-state index contributed by atoms with van der Waals surface area (Å²) < 4.78 is 27.2. The van der Waals surface area contributed by atoms with E-state index in [4.69, 9.17) is 11.6 Å². The first-order chi connectivity index (χ1) is 13.3. The highest BCUT2D eigenvalue weighted by atomic mass is 35.5. The Morgan fingerprint density at radius 3 is 2.14 bits per heavy atom. The number of piperidine rings is 1. The van der Waals surface area contributed by atoms with Gasteiger partial charge in [0.1, 0.15) is 0 Å². The van der Waals surface area contributed by atoms with E-state index < -0.39 is 10.0 Å². The number of halogens is 1. The van der Waals surface area contributed by atoms with Crippen LogP contribution in [0.2, 0.25) is 5.02 Å². The monoisotopic (exact) mass is 420 g/mol. The predicted molar refractivity (Wildman–Crippen MR) is 112 cm³/mol. The molecule has 1 amide bonds. The molecular weight excluding hydrogens is 396 g/mol. The van der Waals surface area contributed by atoms with Crippen molar-refractivity contribution in [3.63, 3.8) is 0 Å². The van der Waals surface area contributed by atoms with Crippen LogP contribution in [0.1, 0.15) is 38.2 Å². The van der Waals surface area contributed by atoms with E-state index in [1.165, 1.54) is 4.31 Å². The Balaban J connectivity index is 1.60. The molecule has 1 heterocycles. The third-order valence-electron chi connectivity index (χ3n) is 5.12. The summed E-state index contributed by atoms with van der Waals surface area (Å²) in [7, 11) is -3.53. The summed E-state index contributed by atoms with van der Waals surface area (Å²) >= 11 is 5.86. The molecule has 0 unspecified atom stereocenters. The minimum Gasteiger partial charge on any atom is -0.326 e. The van der Waals surface area contributed by atoms with Gasteiger partial charge in [-0.2, -0.15) is 4.31 Å². The Morgan fingerprint density at radius 1 is 1.04 bits per heavy atom. The molecule has 1 N–H and O–H groups in total. The second-order valence-corrected chi connectivity index (χ2v) is 9.77. The van der Waals surface area contributed by atoms with E-state index >= 15 is 0 Å². The summed E-state index contributed by atoms with van der Waals surface area (Å²) in [5, 5.41) is 3.48. The molecule has 0 spiro atoms. The van der Waals surface area contributed by atoms with Crippen molar-refractivity contribution in [2.75, 3.05) is 18.4 Å². The number of benzene rings is 2. The topological polar surface area (TPSA) is 66.5 Å². The van der Waals surface area contributed by atoms with E-state index in [9.17, 15) is 13.2 Å². The lowest BCUT2D eigenvalue weighted by molar-refractivity contribution is -0.120. The Bertz CT molecular complexity index is 917. The highest BCUT2D eigenvalue weighted by Gasteiger charge is 2.32. The minimum atomic E-state index is -3.53. The molecule has 1 fully saturated rings. The number of carbonyl (C=O) groups is 1. The molecule has 150 valence electrons. The van der Waals surface area contributed by atoms with Crippen molar-refractivity contribution in [3.8, 4) is 0 Å². The molecule has 0 saturated carbocycles. The fourth-order valence-electron chi connectivity index (χ4n) is 3.31. The second-order valence-electron chi connectivity index (χ2n) is 7.40. The van der Waals surface area contributed by atoms with Crippen molar-refractivity contribution in [1.82, 2.24) is 4.31 Å². The number of hydrogen-bond acceptors (Lipinski definition) is 3. The summed E-state index contributed by atoms with van der Waals surface area (Å²) in [4.78, 5) is 12.8. The molecule has 0 aliphatic carbocycles. The lowest BCUT2D eigenvalue weighted by atomic mass is 9.97. The van der Waals surface area contributed by atoms with Crippen LogP contribution in [0.4, 0.5) is 5.69 Å². The summed E-state index contributed by atoms with van der Waals surface area (Å²) in [5.41, 5.74) is 1.80. The van der Waals surface area contributed by atoms with Crippen LogP contribution in [-0.4, -0.2) is 31.7 Å². The van der Waals surface area contributed by atoms with Gasteiger partial charge in [0.2, 0.25) is 15.9 Å². The molecule has 1 aliphatic rings. The van der Waals surface area contributed by atoms with Crippen molar-refractivity contribution >= 4 is 33.2 Å². The van der Waals surface area contributed by atoms with E-state index in [1.807, 2.05) is 12.1 Å². The first-order valence-corrected chi connectivity index (χ1v) is 11.3. The Labute approximate surface area is 171 Å². The van der Waals surface area contributed by atoms with Crippen molar-refractivity contribution in [1.29, 1.82) is 0 Å². The average Bonchev–Trinajstić information content (AvgIpc) is 2.70. The Morgan fingerprint density at radius 2 is 1.61 bits per heavy atom. The standard InChI is InChI=1S/C21H25ClN2O3S/c1-15(2)16-3-9-20(10-4-16)28(26,27)24-13-11-17(12-14-24)21(25)23-19-7-5-18(22)6-8-19/h3-10,15,17H,11-14H2,1-2H3,(H,23,25). The highest BCUT2D eigenvalue weighted by Crippen LogP contribution is 2.26. The lowest BCUT2D eigenvalue weighted by Gasteiger charge is -2.30. The van der Waals surface area contributed by atoms with Crippen molar-refractivity contribution < 1.29 is 13.2 Å². The maximum Gasteiger partial charge on any atom is 0.243 e. The van der Waals surface area contributed by atoms with E-state index in [1.54, 1.807) is 36.4 Å². The maximum absolute atomic E-state index is 12.9. The molecule has 5 nitrogen and oxygen atoms in total. The maximum atomic E-state index is 12.9. The molecule has 0 atom stereocenters. The summed E-state index contributed by atoms with van der Waals surface area (Å²) in [6, 6.07) is 14.0. The van der Waals surface area contributed by atoms with Gasteiger partial charge in [-0.05, 0) is 60.7 Å². The van der Waals surface area contributed by atoms with Gasteiger partial charge in [-0.1, -0.05) is 37.6 Å². The van der Waals surface area contributed by atoms with E-state index in [0.717, 1.165) is 5.56 Å². The number of carbonyl (C=O) groups excluding carboxylic acids is 1. The van der Waals surface area contributed by atoms with Gasteiger partial charge in [-0.15, -0.1) is 0 Å². The van der Waals surface area contributed by atoms with Gasteiger partial charge in [0.15, 0.2) is 0 Å². The van der Waals surface area contributed by atoms with Gasteiger partial charge in [0.05, 0.1) is 4.90 Å². The zero-order valence-corrected chi connectivity index (χ0v) is 17.6. The van der Waals surface area contributed by atoms with Gasteiger partial charge >= 0.3 is 0 Å². The van der Waals surface area contributed by atoms with E-state index in [2.05, 4.69) is 19.2 Å². The third-order valence-corrected chi connectivity index (χ3v) is 7.29. The lowest BCUT2D eigenvalue weighted by Crippen LogP contribution is -2.41. The van der Waals surface area contributed by atoms with Crippen LogP contribution in [0.3, 0.4) is 0 Å². The summed E-state index contributed by atoms with van der Waals surface area (Å²) in [5.74, 6) is 0.0674. The van der Waals surface area contributed by atoms with E-state index in [0.29, 0.717) is 47.5 Å². The Hall–Kier alpha value is -1.89. The van der Waals surface area contributed by atoms with Gasteiger partial charge < -0.3 is 5.32 Å². The molecule has 1 aliphatic heterocycles. The number of hydrogen-bond donors (Lipinski definition) is 1. The van der Waals surface area contributed by atoms with Crippen LogP contribution < -0.4 is 5.32 Å². The fourth-order valence-corrected chi connectivity index (χ4v) is 4.91. The van der Waals surface area contributed by atoms with Crippen molar-refractivity contribution in [2.24, 2.45) is 5.92 Å². The number of nitrogens with zero attached hydrogens (tertiary/aromatic N) is 1. The number of anilines is 1. The molecular formula is C21H25ClN2O3S. The van der Waals surface area contributed by atoms with Crippen LogP contribution in [0.15, 0.2) is 53.4 Å². The van der Waals surface area contributed by atoms with Crippen LogP contribution >= 0.6 is 11.6 Å². The molecule has 7 heteroatoms. The smallest absolute Gasteiger partial charge is 0.243 e. The number of rotatable bonds is 5. The minimum absolute atomic E-state index is 0.0827. The van der Waals surface area contributed by atoms with Crippen LogP contribution in [0.5, 0.6) is 0 Å². The van der Waals surface area contributed by atoms with Crippen LogP contribution in [-0.2, 0) is 14.8 Å². The zero-order chi connectivity index (χ0) is 20.3. The first kappa shape index (κ1) is 20.8. The summed E-state index contributed by atoms with van der Waals surface area (Å²) in [6.07, 6.45) is 1.01. The number of sulfonamides is 1. The molecule has 2 aromatic carbocycles. The average molecular weight is 421 g/mol. The van der Waals surface area contributed by atoms with Gasteiger partial charge in [0.25, 0.3) is 0 Å². The SMILES string of the molecule is CC(C)c1ccc(S(=O)(=O)N2CCC(C(=O)Nc3ccc(Cl)cc3)CC2)cc1. The largest absolute Gasteiger partial charge is 0.326 e. The molecule has 0 aromatic heterocycles. The zero-order valence-electron chi connectivity index (χ0n) is 16.1. The van der Waals surface area contributed by atoms with Crippen LogP contribution in [0, 0.1) is 5.92 Å². The normalized spacial score (nSPS) is 16.3. The quantitative estimate of drug-likeness (QED) is 0.774. The fraction of sp³-hybridized carbons (Fsp3) is 0.381. The third kappa shape index (κ3) is 4.74. The molecule has 1 saturated heterocycles. The first-order valence-electron chi connectivity index (χ1n) is 9.44. The van der Waals surface area contributed by atoms with Gasteiger partial charge in [0, 0.05) is 29.7 Å². The molecule has 2 aromatic rings. The second kappa shape index (κ2) is 8.64. The molecule has 28 heavy (non-hydrogen) atoms. The van der Waals surface area contributed by atoms with E-state index in [-0.39, 0.29) is 11.8 Å². The summed E-state index contributed by atoms with van der Waals surface area (Å²) in [6.45, 7) is 4.83. The highest BCUT2D eigenvalue weighted by molar-refractivity contribution is 7.89. The predicted octanol–water partition coefficient (Wildman–Crippen LogP) is 4.50. The molecule has 0 radical (unpaired) electrons. The van der Waals surface area contributed by atoms with Gasteiger partial charge in [-0.25, -0.2) is 8.42 Å². The van der Waals surface area contributed by atoms with Crippen molar-refractivity contribution in [2.45, 2.75) is 37.5 Å². The Kier molecular flexibility index (Phi) is 6.43. The molecule has 0 bridgehead atoms. The molecule has 3 rings (SSSR count).